The van der Waals surface area contributed by atoms with Gasteiger partial charge < -0.3 is 20.9 Å². The molecule has 0 radical (unpaired) electrons. The number of nitrogens with two attached hydrogens (primary N) is 2. The summed E-state index contributed by atoms with van der Waals surface area (Å²) in [5, 5.41) is 18.4. The first-order valence-electron chi connectivity index (χ1n) is 26.8. The largest absolute Gasteiger partial charge is 0.493 e. The predicted octanol–water partition coefficient (Wildman–Crippen LogP) is 12.6. The van der Waals surface area contributed by atoms with Crippen LogP contribution in [0.2, 0.25) is 0 Å². The third kappa shape index (κ3) is 16.9. The zero-order chi connectivity index (χ0) is 51.7. The van der Waals surface area contributed by atoms with Gasteiger partial charge in [-0.25, -0.2) is 0 Å². The molecular formula is C64H74N6O4. The first kappa shape index (κ1) is 54.5. The van der Waals surface area contributed by atoms with Gasteiger partial charge in [0.1, 0.15) is 11.5 Å². The van der Waals surface area contributed by atoms with Crippen molar-refractivity contribution < 1.29 is 19.1 Å². The quantitative estimate of drug-likeness (QED) is 0.0567. The van der Waals surface area contributed by atoms with Gasteiger partial charge in [0.2, 0.25) is 0 Å². The predicted molar refractivity (Wildman–Crippen MR) is 295 cm³/mol. The smallest absolute Gasteiger partial charge is 0.252 e. The number of hydrogen-bond acceptors (Lipinski definition) is 8. The first-order valence-corrected chi connectivity index (χ1v) is 26.8. The number of nitrogens with zero attached hydrogens (tertiary/aromatic N) is 4. The number of primary amides is 2. The number of carbonyl (C=O) groups excluding carboxylic acids is 2. The van der Waals surface area contributed by atoms with E-state index in [1.54, 1.807) is 36.4 Å². The molecule has 10 nitrogen and oxygen atoms in total. The maximum atomic E-state index is 11.7. The summed E-state index contributed by atoms with van der Waals surface area (Å²) >= 11 is 0. The van der Waals surface area contributed by atoms with Crippen molar-refractivity contribution in [3.8, 4) is 23.6 Å². The average Bonchev–Trinajstić information content (AvgIpc) is 3.45. The van der Waals surface area contributed by atoms with Crippen LogP contribution in [-0.2, 0) is 13.1 Å². The van der Waals surface area contributed by atoms with Gasteiger partial charge in [-0.1, -0.05) is 148 Å². The molecule has 2 fully saturated rings. The van der Waals surface area contributed by atoms with Gasteiger partial charge >= 0.3 is 0 Å². The normalized spacial score (nSPS) is 14.7. The van der Waals surface area contributed by atoms with E-state index < -0.39 is 11.8 Å². The van der Waals surface area contributed by atoms with Gasteiger partial charge in [0.15, 0.2) is 0 Å². The zero-order valence-corrected chi connectivity index (χ0v) is 43.0. The van der Waals surface area contributed by atoms with Gasteiger partial charge in [-0.3, -0.25) is 19.4 Å². The molecule has 2 aliphatic carbocycles. The minimum atomic E-state index is -0.476. The third-order valence-electron chi connectivity index (χ3n) is 14.8. The molecule has 2 amide bonds. The fraction of sp³-hybridized carbons (Fsp3) is 0.375. The van der Waals surface area contributed by atoms with Crippen LogP contribution in [-0.4, -0.2) is 61.0 Å². The van der Waals surface area contributed by atoms with Crippen molar-refractivity contribution in [3.63, 3.8) is 0 Å². The zero-order valence-electron chi connectivity index (χ0n) is 43.0. The van der Waals surface area contributed by atoms with Crippen LogP contribution in [0.4, 0.5) is 0 Å². The van der Waals surface area contributed by atoms with Gasteiger partial charge in [-0.15, -0.1) is 0 Å². The average molecular weight is 991 g/mol. The standard InChI is InChI=1S/2C32H37N3O2/c2*33-22-25-16-18-26(19-17-25)23-35(20-9-21-37-31-15-8-7-14-29(31)32(34)36)24-30(27-10-3-1-4-11-27)28-12-5-2-6-13-28/h2*1,3-4,7-8,10-11,14-19,28,30H,2,5-6,9,12-13,20-21,23-24H2,(H2,34,36). The van der Waals surface area contributed by atoms with Crippen molar-refractivity contribution in [1.82, 2.24) is 9.80 Å². The van der Waals surface area contributed by atoms with Crippen molar-refractivity contribution in [1.29, 1.82) is 10.5 Å². The summed E-state index contributed by atoms with van der Waals surface area (Å²) in [5.41, 5.74) is 18.5. The molecule has 4 N–H and O–H groups in total. The number of hydrogen-bond donors (Lipinski definition) is 2. The van der Waals surface area contributed by atoms with Gasteiger partial charge in [0.05, 0.1) is 47.6 Å². The fourth-order valence-electron chi connectivity index (χ4n) is 11.0. The van der Waals surface area contributed by atoms with Crippen LogP contribution in [0.3, 0.4) is 0 Å². The lowest BCUT2D eigenvalue weighted by Crippen LogP contribution is -2.33. The van der Waals surface area contributed by atoms with E-state index in [2.05, 4.69) is 107 Å². The molecule has 0 aromatic heterocycles. The molecule has 2 aliphatic rings. The van der Waals surface area contributed by atoms with Crippen molar-refractivity contribution in [2.24, 2.45) is 23.3 Å². The molecule has 384 valence electrons. The number of rotatable bonds is 24. The van der Waals surface area contributed by atoms with Crippen LogP contribution in [0, 0.1) is 34.5 Å². The van der Waals surface area contributed by atoms with Crippen molar-refractivity contribution in [2.45, 2.75) is 102 Å². The molecule has 10 heteroatoms. The molecule has 74 heavy (non-hydrogen) atoms. The molecule has 6 aromatic carbocycles. The van der Waals surface area contributed by atoms with Crippen molar-refractivity contribution in [2.75, 3.05) is 39.4 Å². The van der Waals surface area contributed by atoms with Gasteiger partial charge in [0, 0.05) is 39.3 Å². The van der Waals surface area contributed by atoms with Gasteiger partial charge in [-0.05, 0) is 133 Å². The lowest BCUT2D eigenvalue weighted by molar-refractivity contribution is 0.0987. The van der Waals surface area contributed by atoms with E-state index in [0.717, 1.165) is 52.1 Å². The highest BCUT2D eigenvalue weighted by molar-refractivity contribution is 5.96. The summed E-state index contributed by atoms with van der Waals surface area (Å²) in [5.74, 6) is 2.48. The van der Waals surface area contributed by atoms with Crippen LogP contribution in [0.25, 0.3) is 0 Å². The number of amides is 2. The monoisotopic (exact) mass is 991 g/mol. The Bertz CT molecular complexity index is 2520. The second kappa shape index (κ2) is 29.5. The van der Waals surface area contributed by atoms with Gasteiger partial charge in [-0.2, -0.15) is 10.5 Å². The SMILES string of the molecule is N#Cc1ccc(CN(CCCOc2ccccc2C(N)=O)CC(c2ccccc2)C2CCCCC2)cc1.N#Cc1ccc(CN(CCCOc2ccccc2C(N)=O)CC(c2ccccc2)C2CCCCC2)cc1. The molecule has 8 rings (SSSR count). The number of nitriles is 2. The van der Waals surface area contributed by atoms with E-state index >= 15 is 0 Å². The Labute approximate surface area is 439 Å². The van der Waals surface area contributed by atoms with E-state index in [1.807, 2.05) is 36.4 Å². The summed E-state index contributed by atoms with van der Waals surface area (Å²) in [6.45, 7) is 6.35. The third-order valence-corrected chi connectivity index (χ3v) is 14.8. The lowest BCUT2D eigenvalue weighted by atomic mass is 9.76. The molecule has 2 unspecified atom stereocenters. The Kier molecular flexibility index (Phi) is 21.7. The molecule has 2 saturated carbocycles. The molecule has 6 aromatic rings. The Hall–Kier alpha value is -7.24. The van der Waals surface area contributed by atoms with E-state index in [9.17, 15) is 20.1 Å². The first-order chi connectivity index (χ1) is 36.3. The van der Waals surface area contributed by atoms with Crippen LogP contribution >= 0.6 is 0 Å². The Morgan fingerprint density at radius 2 is 0.838 bits per heavy atom. The van der Waals surface area contributed by atoms with Crippen LogP contribution in [0.15, 0.2) is 158 Å². The van der Waals surface area contributed by atoms with E-state index in [4.69, 9.17) is 20.9 Å². The highest BCUT2D eigenvalue weighted by Gasteiger charge is 2.29. The molecule has 0 bridgehead atoms. The van der Waals surface area contributed by atoms with E-state index in [1.165, 1.54) is 86.5 Å². The summed E-state index contributed by atoms with van der Waals surface area (Å²) in [6, 6.07) is 56.4. The Balaban J connectivity index is 0.000000216. The number of carbonyl (C=O) groups is 2. The molecule has 0 spiro atoms. The van der Waals surface area contributed by atoms with Crippen LogP contribution < -0.4 is 20.9 Å². The van der Waals surface area contributed by atoms with E-state index in [0.29, 0.717) is 70.6 Å². The molecule has 0 saturated heterocycles. The maximum Gasteiger partial charge on any atom is 0.252 e. The highest BCUT2D eigenvalue weighted by Crippen LogP contribution is 2.38. The highest BCUT2D eigenvalue weighted by atomic mass is 16.5. The summed E-state index contributed by atoms with van der Waals surface area (Å²) in [4.78, 5) is 28.5. The Morgan fingerprint density at radius 1 is 0.486 bits per heavy atom. The molecular weight excluding hydrogens is 917 g/mol. The number of ether oxygens (including phenoxy) is 2. The van der Waals surface area contributed by atoms with E-state index in [-0.39, 0.29) is 0 Å². The van der Waals surface area contributed by atoms with Crippen LogP contribution in [0.5, 0.6) is 11.5 Å². The minimum absolute atomic E-state index is 0.415. The summed E-state index contributed by atoms with van der Waals surface area (Å²) in [7, 11) is 0. The molecule has 2 atom stereocenters. The summed E-state index contributed by atoms with van der Waals surface area (Å²) < 4.78 is 11.9. The molecule has 0 heterocycles. The fourth-order valence-corrected chi connectivity index (χ4v) is 11.0. The minimum Gasteiger partial charge on any atom is -0.493 e. The van der Waals surface area contributed by atoms with Gasteiger partial charge in [0.25, 0.3) is 11.8 Å². The number of para-hydroxylation sites is 2. The second-order valence-corrected chi connectivity index (χ2v) is 20.0. The molecule has 0 aliphatic heterocycles. The topological polar surface area (TPSA) is 159 Å². The second-order valence-electron chi connectivity index (χ2n) is 20.0. The van der Waals surface area contributed by atoms with Crippen molar-refractivity contribution >= 4 is 11.8 Å². The lowest BCUT2D eigenvalue weighted by Gasteiger charge is -2.35. The Morgan fingerprint density at radius 3 is 1.19 bits per heavy atom. The van der Waals surface area contributed by atoms with Crippen molar-refractivity contribution in [3.05, 3.63) is 202 Å². The van der Waals surface area contributed by atoms with Crippen LogP contribution in [0.1, 0.15) is 143 Å². The summed E-state index contributed by atoms with van der Waals surface area (Å²) in [6.07, 6.45) is 14.8. The maximum absolute atomic E-state index is 11.7. The number of benzene rings is 6.